The highest BCUT2D eigenvalue weighted by atomic mass is 32.2. The van der Waals surface area contributed by atoms with E-state index in [4.69, 9.17) is 4.52 Å². The maximum atomic E-state index is 13.1. The minimum absolute atomic E-state index is 0.0349. The van der Waals surface area contributed by atoms with Gasteiger partial charge in [-0.2, -0.15) is 4.98 Å². The number of carbonyl (C=O) groups is 1. The summed E-state index contributed by atoms with van der Waals surface area (Å²) in [7, 11) is 0. The predicted molar refractivity (Wildman–Crippen MR) is 91.2 cm³/mol. The number of pyridine rings is 1. The molecule has 1 amide bonds. The Morgan fingerprint density at radius 2 is 2.04 bits per heavy atom. The van der Waals surface area contributed by atoms with Crippen LogP contribution in [0.2, 0.25) is 0 Å². The van der Waals surface area contributed by atoms with Crippen LogP contribution in [-0.2, 0) is 11.3 Å². The van der Waals surface area contributed by atoms with Gasteiger partial charge < -0.3 is 9.84 Å². The fourth-order valence-corrected chi connectivity index (χ4v) is 3.00. The van der Waals surface area contributed by atoms with Gasteiger partial charge in [0.2, 0.25) is 17.6 Å². The van der Waals surface area contributed by atoms with E-state index in [1.165, 1.54) is 23.9 Å². The summed E-state index contributed by atoms with van der Waals surface area (Å²) in [4.78, 5) is 20.4. The molecule has 0 spiro atoms. The molecule has 0 radical (unpaired) electrons. The van der Waals surface area contributed by atoms with Gasteiger partial charge in [-0.05, 0) is 29.8 Å². The lowest BCUT2D eigenvalue weighted by atomic mass is 10.2. The van der Waals surface area contributed by atoms with Crippen LogP contribution in [0.5, 0.6) is 0 Å². The van der Waals surface area contributed by atoms with Crippen molar-refractivity contribution in [1.29, 1.82) is 0 Å². The van der Waals surface area contributed by atoms with Crippen LogP contribution < -0.4 is 5.32 Å². The van der Waals surface area contributed by atoms with Gasteiger partial charge in [-0.25, -0.2) is 13.8 Å². The Bertz CT molecular complexity index is 912. The Hall–Kier alpha value is -2.81. The van der Waals surface area contributed by atoms with Crippen molar-refractivity contribution in [2.24, 2.45) is 0 Å². The molecule has 0 saturated carbocycles. The third kappa shape index (κ3) is 4.63. The molecule has 2 heterocycles. The van der Waals surface area contributed by atoms with Gasteiger partial charge >= 0.3 is 0 Å². The van der Waals surface area contributed by atoms with Crippen LogP contribution in [0, 0.1) is 18.6 Å². The molecule has 0 aliphatic carbocycles. The van der Waals surface area contributed by atoms with E-state index in [0.29, 0.717) is 27.9 Å². The number of aryl methyl sites for hydroxylation is 1. The third-order valence-electron chi connectivity index (χ3n) is 3.29. The van der Waals surface area contributed by atoms with Crippen molar-refractivity contribution in [2.45, 2.75) is 18.5 Å². The molecule has 0 aliphatic heterocycles. The molecule has 0 fully saturated rings. The number of nitrogens with zero attached hydrogens (tertiary/aromatic N) is 3. The Morgan fingerprint density at radius 1 is 1.27 bits per heavy atom. The highest BCUT2D eigenvalue weighted by Crippen LogP contribution is 2.27. The molecule has 3 aromatic rings. The topological polar surface area (TPSA) is 80.9 Å². The first-order valence-electron chi connectivity index (χ1n) is 7.61. The van der Waals surface area contributed by atoms with Crippen LogP contribution in [-0.4, -0.2) is 26.8 Å². The van der Waals surface area contributed by atoms with E-state index in [0.717, 1.165) is 6.07 Å². The number of benzene rings is 1. The van der Waals surface area contributed by atoms with Gasteiger partial charge in [-0.3, -0.25) is 4.79 Å². The average Bonchev–Trinajstić information content (AvgIpc) is 3.04. The number of aromatic nitrogens is 3. The summed E-state index contributed by atoms with van der Waals surface area (Å²) in [5, 5.41) is 7.06. The lowest BCUT2D eigenvalue weighted by Crippen LogP contribution is -2.24. The first-order valence-corrected chi connectivity index (χ1v) is 8.60. The summed E-state index contributed by atoms with van der Waals surface area (Å²) in [5.74, 6) is -0.748. The molecule has 26 heavy (non-hydrogen) atoms. The molecule has 3 rings (SSSR count). The second-order valence-corrected chi connectivity index (χ2v) is 6.30. The maximum Gasteiger partial charge on any atom is 0.230 e. The molecule has 1 N–H and O–H groups in total. The molecule has 0 aliphatic rings. The molecule has 0 atom stereocenters. The molecule has 6 nitrogen and oxygen atoms in total. The lowest BCUT2D eigenvalue weighted by Gasteiger charge is -2.07. The van der Waals surface area contributed by atoms with E-state index in [-0.39, 0.29) is 18.2 Å². The van der Waals surface area contributed by atoms with E-state index in [1.807, 2.05) is 0 Å². The van der Waals surface area contributed by atoms with Crippen LogP contribution in [0.25, 0.3) is 11.4 Å². The van der Waals surface area contributed by atoms with Crippen molar-refractivity contribution < 1.29 is 18.1 Å². The van der Waals surface area contributed by atoms with Crippen LogP contribution >= 0.6 is 11.8 Å². The van der Waals surface area contributed by atoms with Gasteiger partial charge in [0, 0.05) is 25.7 Å². The van der Waals surface area contributed by atoms with Crippen molar-refractivity contribution in [3.05, 3.63) is 59.6 Å². The maximum absolute atomic E-state index is 13.1. The Morgan fingerprint density at radius 3 is 2.73 bits per heavy atom. The average molecular weight is 376 g/mol. The van der Waals surface area contributed by atoms with Gasteiger partial charge in [0.25, 0.3) is 0 Å². The summed E-state index contributed by atoms with van der Waals surface area (Å²) in [5.41, 5.74) is 1.01. The number of rotatable bonds is 6. The fraction of sp³-hybridized carbons (Fsp3) is 0.176. The molecule has 0 bridgehead atoms. The smallest absolute Gasteiger partial charge is 0.230 e. The molecule has 2 aromatic heterocycles. The standard InChI is InChI=1S/C17H14F2N4O2S/c1-10-22-16(23-25-10)14-3-2-4-20-17(14)26-9-15(24)21-8-11-5-12(18)7-13(19)6-11/h2-7H,8-9H2,1H3,(H,21,24). The Balaban J connectivity index is 1.60. The van der Waals surface area contributed by atoms with Crippen LogP contribution in [0.1, 0.15) is 11.5 Å². The summed E-state index contributed by atoms with van der Waals surface area (Å²) in [6.45, 7) is 1.72. The van der Waals surface area contributed by atoms with E-state index in [9.17, 15) is 13.6 Å². The highest BCUT2D eigenvalue weighted by Gasteiger charge is 2.14. The van der Waals surface area contributed by atoms with E-state index >= 15 is 0 Å². The molecule has 0 unspecified atom stereocenters. The zero-order chi connectivity index (χ0) is 18.5. The molecule has 134 valence electrons. The molecular weight excluding hydrogens is 362 g/mol. The lowest BCUT2D eigenvalue weighted by molar-refractivity contribution is -0.118. The Kier molecular flexibility index (Phi) is 5.57. The Labute approximate surface area is 152 Å². The van der Waals surface area contributed by atoms with E-state index in [1.54, 1.807) is 25.3 Å². The predicted octanol–water partition coefficient (Wildman–Crippen LogP) is 3.13. The van der Waals surface area contributed by atoms with Gasteiger partial charge in [0.15, 0.2) is 0 Å². The summed E-state index contributed by atoms with van der Waals surface area (Å²) in [6.07, 6.45) is 1.60. The van der Waals surface area contributed by atoms with Gasteiger partial charge in [0.1, 0.15) is 16.7 Å². The number of thioether (sulfide) groups is 1. The minimum Gasteiger partial charge on any atom is -0.351 e. The number of carbonyl (C=O) groups excluding carboxylic acids is 1. The normalized spacial score (nSPS) is 10.7. The van der Waals surface area contributed by atoms with Gasteiger partial charge in [0.05, 0.1) is 11.3 Å². The number of hydrogen-bond donors (Lipinski definition) is 1. The quantitative estimate of drug-likeness (QED) is 0.666. The largest absolute Gasteiger partial charge is 0.351 e. The second kappa shape index (κ2) is 8.05. The molecule has 0 saturated heterocycles. The molecule has 1 aromatic carbocycles. The first kappa shape index (κ1) is 18.0. The minimum atomic E-state index is -0.683. The van der Waals surface area contributed by atoms with Crippen molar-refractivity contribution in [3.8, 4) is 11.4 Å². The van der Waals surface area contributed by atoms with Crippen molar-refractivity contribution in [3.63, 3.8) is 0 Å². The molecule has 9 heteroatoms. The number of hydrogen-bond acceptors (Lipinski definition) is 6. The fourth-order valence-electron chi connectivity index (χ4n) is 2.18. The van der Waals surface area contributed by atoms with Crippen LogP contribution in [0.15, 0.2) is 46.1 Å². The summed E-state index contributed by atoms with van der Waals surface area (Å²) in [6, 6.07) is 6.65. The van der Waals surface area contributed by atoms with Gasteiger partial charge in [-0.1, -0.05) is 16.9 Å². The first-order chi connectivity index (χ1) is 12.5. The van der Waals surface area contributed by atoms with Crippen LogP contribution in [0.3, 0.4) is 0 Å². The zero-order valence-electron chi connectivity index (χ0n) is 13.7. The van der Waals surface area contributed by atoms with Crippen molar-refractivity contribution in [1.82, 2.24) is 20.4 Å². The zero-order valence-corrected chi connectivity index (χ0v) is 14.5. The third-order valence-corrected chi connectivity index (χ3v) is 4.30. The van der Waals surface area contributed by atoms with Gasteiger partial charge in [-0.15, -0.1) is 0 Å². The van der Waals surface area contributed by atoms with Crippen molar-refractivity contribution in [2.75, 3.05) is 5.75 Å². The summed E-state index contributed by atoms with van der Waals surface area (Å²) >= 11 is 1.21. The van der Waals surface area contributed by atoms with E-state index in [2.05, 4.69) is 20.4 Å². The number of nitrogens with one attached hydrogen (secondary N) is 1. The molecular formula is C17H14F2N4O2S. The number of amides is 1. The second-order valence-electron chi connectivity index (χ2n) is 5.34. The van der Waals surface area contributed by atoms with E-state index < -0.39 is 11.6 Å². The SMILES string of the molecule is Cc1nc(-c2cccnc2SCC(=O)NCc2cc(F)cc(F)c2)no1. The van der Waals surface area contributed by atoms with Crippen LogP contribution in [0.4, 0.5) is 8.78 Å². The summed E-state index contributed by atoms with van der Waals surface area (Å²) < 4.78 is 31.3. The van der Waals surface area contributed by atoms with Crippen molar-refractivity contribution >= 4 is 17.7 Å². The monoisotopic (exact) mass is 376 g/mol. The highest BCUT2D eigenvalue weighted by molar-refractivity contribution is 8.00. The number of halogens is 2.